The van der Waals surface area contributed by atoms with Crippen LogP contribution in [0.4, 0.5) is 8.78 Å². The number of nitrogens with zero attached hydrogens (tertiary/aromatic N) is 5. The van der Waals surface area contributed by atoms with Crippen molar-refractivity contribution >= 4 is 39.1 Å². The number of carbonyl (C=O) groups excluding carboxylic acids is 1. The fourth-order valence-corrected chi connectivity index (χ4v) is 5.11. The zero-order chi connectivity index (χ0) is 27.3. The van der Waals surface area contributed by atoms with Gasteiger partial charge in [0.15, 0.2) is 11.2 Å². The van der Waals surface area contributed by atoms with E-state index in [1.807, 2.05) is 13.8 Å². The summed E-state index contributed by atoms with van der Waals surface area (Å²) in [6, 6.07) is 6.69. The molecule has 0 radical (unpaired) electrons. The molecule has 190 valence electrons. The number of hydrogen-bond acceptors (Lipinski definition) is 9. The Labute approximate surface area is 217 Å². The van der Waals surface area contributed by atoms with Gasteiger partial charge in [0.1, 0.15) is 29.1 Å². The molecule has 4 heterocycles. The van der Waals surface area contributed by atoms with Crippen LogP contribution in [0.3, 0.4) is 0 Å². The number of fused-ring (bicyclic) bond motifs is 2. The highest BCUT2D eigenvalue weighted by atomic mass is 32.1. The van der Waals surface area contributed by atoms with E-state index in [1.165, 1.54) is 6.07 Å². The average Bonchev–Trinajstić information content (AvgIpc) is 3.31. The first-order valence-corrected chi connectivity index (χ1v) is 12.0. The highest BCUT2D eigenvalue weighted by Gasteiger charge is 2.26. The molecule has 0 fully saturated rings. The van der Waals surface area contributed by atoms with Crippen LogP contribution in [-0.2, 0) is 4.79 Å². The van der Waals surface area contributed by atoms with Crippen molar-refractivity contribution in [3.05, 3.63) is 69.3 Å². The predicted octanol–water partition coefficient (Wildman–Crippen LogP) is 4.88. The summed E-state index contributed by atoms with van der Waals surface area (Å²) in [5.74, 6) is -2.44. The van der Waals surface area contributed by atoms with Crippen molar-refractivity contribution in [2.75, 3.05) is 0 Å². The Morgan fingerprint density at radius 2 is 1.97 bits per heavy atom. The summed E-state index contributed by atoms with van der Waals surface area (Å²) >= 11 is 0.754. The van der Waals surface area contributed by atoms with Crippen LogP contribution >= 0.6 is 11.3 Å². The van der Waals surface area contributed by atoms with Crippen LogP contribution in [0.25, 0.3) is 38.2 Å². The lowest BCUT2D eigenvalue weighted by Crippen LogP contribution is -2.25. The van der Waals surface area contributed by atoms with Gasteiger partial charge in [0, 0.05) is 11.8 Å². The number of ether oxygens (including phenoxy) is 1. The minimum atomic E-state index is -0.923. The molecule has 38 heavy (non-hydrogen) atoms. The van der Waals surface area contributed by atoms with E-state index in [2.05, 4.69) is 15.0 Å². The van der Waals surface area contributed by atoms with Gasteiger partial charge in [-0.05, 0) is 42.7 Å². The SMILES string of the molecule is Cc1ccnc(C(C)C)c1-n1c(=O)c(C#N)c(O)c2cc(F)c(-c3ccc(F)c4sc(OC=O)nc34)nc21. The number of hydrogen-bond donors (Lipinski definition) is 1. The van der Waals surface area contributed by atoms with Crippen LogP contribution in [0.2, 0.25) is 0 Å². The van der Waals surface area contributed by atoms with Gasteiger partial charge in [-0.15, -0.1) is 0 Å². The number of aromatic nitrogens is 4. The zero-order valence-electron chi connectivity index (χ0n) is 20.1. The maximum Gasteiger partial charge on any atom is 0.300 e. The van der Waals surface area contributed by atoms with Crippen molar-refractivity contribution in [1.82, 2.24) is 19.5 Å². The minimum Gasteiger partial charge on any atom is -0.506 e. The van der Waals surface area contributed by atoms with Crippen LogP contribution in [0.1, 0.15) is 36.6 Å². The van der Waals surface area contributed by atoms with Gasteiger partial charge in [-0.3, -0.25) is 19.1 Å². The predicted molar refractivity (Wildman–Crippen MR) is 136 cm³/mol. The van der Waals surface area contributed by atoms with E-state index >= 15 is 4.39 Å². The molecule has 0 spiro atoms. The molecule has 0 amide bonds. The molecule has 1 N–H and O–H groups in total. The first-order valence-electron chi connectivity index (χ1n) is 11.2. The van der Waals surface area contributed by atoms with Gasteiger partial charge in [-0.25, -0.2) is 18.7 Å². The largest absolute Gasteiger partial charge is 0.506 e. The summed E-state index contributed by atoms with van der Waals surface area (Å²) in [4.78, 5) is 37.2. The van der Waals surface area contributed by atoms with E-state index in [9.17, 15) is 24.3 Å². The first-order chi connectivity index (χ1) is 18.2. The van der Waals surface area contributed by atoms with Crippen molar-refractivity contribution in [2.24, 2.45) is 0 Å². The molecule has 4 aromatic heterocycles. The molecule has 9 nitrogen and oxygen atoms in total. The average molecular weight is 534 g/mol. The van der Waals surface area contributed by atoms with E-state index in [0.29, 0.717) is 16.9 Å². The van der Waals surface area contributed by atoms with E-state index in [4.69, 9.17) is 4.74 Å². The molecule has 0 atom stereocenters. The maximum absolute atomic E-state index is 15.6. The Morgan fingerprint density at radius 3 is 2.66 bits per heavy atom. The summed E-state index contributed by atoms with van der Waals surface area (Å²) in [6.07, 6.45) is 1.59. The van der Waals surface area contributed by atoms with Gasteiger partial charge < -0.3 is 9.84 Å². The third kappa shape index (κ3) is 3.75. The fourth-order valence-electron chi connectivity index (χ4n) is 4.29. The van der Waals surface area contributed by atoms with E-state index < -0.39 is 28.5 Å². The van der Waals surface area contributed by atoms with Crippen molar-refractivity contribution < 1.29 is 23.4 Å². The topological polar surface area (TPSA) is 131 Å². The fraction of sp³-hybridized carbons (Fsp3) is 0.154. The highest BCUT2D eigenvalue weighted by molar-refractivity contribution is 7.20. The van der Waals surface area contributed by atoms with Crippen molar-refractivity contribution in [3.8, 4) is 34.0 Å². The second-order valence-electron chi connectivity index (χ2n) is 8.65. The van der Waals surface area contributed by atoms with Crippen LogP contribution in [0.5, 0.6) is 10.9 Å². The Bertz CT molecular complexity index is 1890. The van der Waals surface area contributed by atoms with Gasteiger partial charge in [-0.1, -0.05) is 25.2 Å². The zero-order valence-corrected chi connectivity index (χ0v) is 20.9. The minimum absolute atomic E-state index is 0.00547. The normalized spacial score (nSPS) is 11.3. The number of benzene rings is 1. The number of carbonyl (C=O) groups is 1. The molecule has 0 saturated heterocycles. The van der Waals surface area contributed by atoms with Crippen LogP contribution < -0.4 is 10.3 Å². The van der Waals surface area contributed by atoms with Crippen LogP contribution in [0.15, 0.2) is 35.3 Å². The van der Waals surface area contributed by atoms with Gasteiger partial charge in [-0.2, -0.15) is 5.26 Å². The molecule has 1 aromatic carbocycles. The Kier molecular flexibility index (Phi) is 6.08. The van der Waals surface area contributed by atoms with Crippen LogP contribution in [-0.4, -0.2) is 31.1 Å². The van der Waals surface area contributed by atoms with Gasteiger partial charge in [0.2, 0.25) is 0 Å². The summed E-state index contributed by atoms with van der Waals surface area (Å²) in [5.41, 5.74) is -0.322. The highest BCUT2D eigenvalue weighted by Crippen LogP contribution is 2.39. The molecular formula is C26H17F2N5O4S. The quantitative estimate of drug-likeness (QED) is 0.316. The molecule has 0 unspecified atom stereocenters. The number of halogens is 2. The summed E-state index contributed by atoms with van der Waals surface area (Å²) in [5, 5.41) is 20.0. The lowest BCUT2D eigenvalue weighted by Gasteiger charge is -2.19. The molecular weight excluding hydrogens is 516 g/mol. The molecule has 0 aliphatic heterocycles. The van der Waals surface area contributed by atoms with Crippen molar-refractivity contribution in [1.29, 1.82) is 5.26 Å². The number of nitriles is 1. The summed E-state index contributed by atoms with van der Waals surface area (Å²) < 4.78 is 36.0. The lowest BCUT2D eigenvalue weighted by molar-refractivity contribution is -0.120. The summed E-state index contributed by atoms with van der Waals surface area (Å²) in [6.45, 7) is 5.64. The van der Waals surface area contributed by atoms with Crippen molar-refractivity contribution in [2.45, 2.75) is 26.7 Å². The number of pyridine rings is 3. The van der Waals surface area contributed by atoms with Gasteiger partial charge >= 0.3 is 0 Å². The smallest absolute Gasteiger partial charge is 0.300 e. The molecule has 0 aliphatic rings. The number of aryl methyl sites for hydroxylation is 1. The standard InChI is InChI=1S/C26H17F2N5O4S/c1-11(2)18-21(12(3)6-7-30-18)33-24-14(22(35)15(9-29)25(33)36)8-17(28)19(31-24)13-4-5-16(27)23-20(13)32-26(38-23)37-10-34/h4-8,10-11,35H,1-3H3. The third-order valence-corrected chi connectivity index (χ3v) is 6.95. The van der Waals surface area contributed by atoms with Gasteiger partial charge in [0.25, 0.3) is 17.2 Å². The molecule has 5 rings (SSSR count). The monoisotopic (exact) mass is 533 g/mol. The maximum atomic E-state index is 15.6. The molecule has 0 aliphatic carbocycles. The van der Waals surface area contributed by atoms with E-state index in [1.54, 1.807) is 25.3 Å². The first kappa shape index (κ1) is 24.9. The second-order valence-corrected chi connectivity index (χ2v) is 9.61. The summed E-state index contributed by atoms with van der Waals surface area (Å²) in [7, 11) is 0. The lowest BCUT2D eigenvalue weighted by atomic mass is 10.0. The third-order valence-electron chi connectivity index (χ3n) is 5.99. The van der Waals surface area contributed by atoms with E-state index in [-0.39, 0.29) is 50.1 Å². The van der Waals surface area contributed by atoms with Gasteiger partial charge in [0.05, 0.1) is 27.0 Å². The molecule has 0 bridgehead atoms. The van der Waals surface area contributed by atoms with E-state index in [0.717, 1.165) is 28.0 Å². The van der Waals surface area contributed by atoms with Crippen molar-refractivity contribution in [3.63, 3.8) is 0 Å². The number of thiazole rings is 1. The molecule has 0 saturated carbocycles. The molecule has 5 aromatic rings. The Morgan fingerprint density at radius 1 is 1.21 bits per heavy atom. The Hall–Kier alpha value is -4.76. The second kappa shape index (κ2) is 9.28. The Balaban J connectivity index is 1.94. The number of rotatable bonds is 5. The molecule has 12 heteroatoms. The van der Waals surface area contributed by atoms with Crippen LogP contribution in [0, 0.1) is 29.9 Å². The number of aromatic hydroxyl groups is 1.